The molecule has 0 atom stereocenters. The molecule has 0 amide bonds. The molecule has 63 valence electrons. The molecular weight excluding hydrogens is 142 g/mol. The molecule has 0 aromatic rings. The molecule has 0 rings (SSSR count). The molecule has 1 radical (unpaired) electrons. The van der Waals surface area contributed by atoms with Crippen LogP contribution in [-0.4, -0.2) is 18.6 Å². The molecule has 0 aliphatic rings. The van der Waals surface area contributed by atoms with Crippen molar-refractivity contribution in [3.05, 3.63) is 0 Å². The van der Waals surface area contributed by atoms with Crippen LogP contribution in [0.25, 0.3) is 0 Å². The van der Waals surface area contributed by atoms with Crippen molar-refractivity contribution < 1.29 is 9.59 Å². The summed E-state index contributed by atoms with van der Waals surface area (Å²) in [5.74, 6) is -0.0852. The number of carbonyl (C=O) groups is 1. The average molecular weight is 156 g/mol. The Morgan fingerprint density at radius 1 is 1.55 bits per heavy atom. The monoisotopic (exact) mass is 156 g/mol. The summed E-state index contributed by atoms with van der Waals surface area (Å²) in [5, 5.41) is 0. The van der Waals surface area contributed by atoms with Gasteiger partial charge in [0.25, 0.3) is 0 Å². The predicted molar refractivity (Wildman–Crippen MR) is 42.8 cm³/mol. The van der Waals surface area contributed by atoms with Crippen molar-refractivity contribution in [2.24, 2.45) is 11.1 Å². The van der Waals surface area contributed by atoms with Gasteiger partial charge in [-0.15, -0.1) is 0 Å². The van der Waals surface area contributed by atoms with Crippen LogP contribution < -0.4 is 5.73 Å². The van der Waals surface area contributed by atoms with Gasteiger partial charge >= 0.3 is 0 Å². The predicted octanol–water partition coefficient (Wildman–Crippen LogP) is 0.430. The van der Waals surface area contributed by atoms with Crippen LogP contribution in [0.5, 0.6) is 0 Å². The lowest BCUT2D eigenvalue weighted by Gasteiger charge is -2.12. The molecule has 0 heterocycles. The maximum absolute atomic E-state index is 11.1. The topological polar surface area (TPSA) is 60.2 Å². The van der Waals surface area contributed by atoms with E-state index < -0.39 is 5.41 Å². The van der Waals surface area contributed by atoms with Crippen molar-refractivity contribution in [3.63, 3.8) is 0 Å². The summed E-state index contributed by atoms with van der Waals surface area (Å²) in [5.41, 5.74) is 4.26. The number of rotatable bonds is 5. The van der Waals surface area contributed by atoms with Gasteiger partial charge in [-0.2, -0.15) is 0 Å². The number of nitrogens with two attached hydrogens (primary N) is 1. The first-order chi connectivity index (χ1) is 5.04. The van der Waals surface area contributed by atoms with Gasteiger partial charge in [-0.3, -0.25) is 9.59 Å². The van der Waals surface area contributed by atoms with Gasteiger partial charge in [0.2, 0.25) is 6.29 Å². The Labute approximate surface area is 67.0 Å². The molecule has 0 fully saturated rings. The Hall–Kier alpha value is -0.700. The van der Waals surface area contributed by atoms with E-state index in [-0.39, 0.29) is 5.78 Å². The van der Waals surface area contributed by atoms with Crippen LogP contribution in [0.4, 0.5) is 0 Å². The standard InChI is InChI=1S/C8H14NO2/c1-8(2,6-10)7(11)4-3-5-9/h3-5,9H2,1-2H3. The molecule has 3 nitrogen and oxygen atoms in total. The summed E-state index contributed by atoms with van der Waals surface area (Å²) in [6.07, 6.45) is 2.73. The van der Waals surface area contributed by atoms with Gasteiger partial charge < -0.3 is 5.73 Å². The molecule has 0 aliphatic carbocycles. The van der Waals surface area contributed by atoms with Crippen LogP contribution in [0.3, 0.4) is 0 Å². The van der Waals surface area contributed by atoms with Crippen LogP contribution in [-0.2, 0) is 9.59 Å². The van der Waals surface area contributed by atoms with Gasteiger partial charge in [0.05, 0.1) is 5.41 Å². The van der Waals surface area contributed by atoms with Crippen molar-refractivity contribution >= 4 is 12.1 Å². The number of hydrogen-bond donors (Lipinski definition) is 1. The molecule has 0 bridgehead atoms. The lowest BCUT2D eigenvalue weighted by molar-refractivity contribution is -0.124. The molecule has 11 heavy (non-hydrogen) atoms. The number of carbonyl (C=O) groups excluding carboxylic acids is 2. The largest absolute Gasteiger partial charge is 0.330 e. The molecule has 0 saturated heterocycles. The number of hydrogen-bond acceptors (Lipinski definition) is 3. The third-order valence-electron chi connectivity index (χ3n) is 1.56. The maximum atomic E-state index is 11.1. The van der Waals surface area contributed by atoms with Gasteiger partial charge in [-0.25, -0.2) is 0 Å². The molecule has 0 spiro atoms. The fraction of sp³-hybridized carbons (Fsp3) is 0.750. The smallest absolute Gasteiger partial charge is 0.212 e. The Morgan fingerprint density at radius 3 is 2.45 bits per heavy atom. The summed E-state index contributed by atoms with van der Waals surface area (Å²) >= 11 is 0. The van der Waals surface area contributed by atoms with Crippen molar-refractivity contribution in [1.29, 1.82) is 0 Å². The fourth-order valence-corrected chi connectivity index (χ4v) is 0.632. The molecule has 0 unspecified atom stereocenters. The SMILES string of the molecule is CC(C)([C]=O)C(=O)CCCN. The van der Waals surface area contributed by atoms with Crippen molar-refractivity contribution in [2.75, 3.05) is 6.54 Å². The fourth-order valence-electron chi connectivity index (χ4n) is 0.632. The van der Waals surface area contributed by atoms with E-state index in [9.17, 15) is 9.59 Å². The lowest BCUT2D eigenvalue weighted by atomic mass is 9.87. The molecular formula is C8H14NO2. The van der Waals surface area contributed by atoms with Crippen LogP contribution in [0, 0.1) is 5.41 Å². The van der Waals surface area contributed by atoms with Crippen molar-refractivity contribution in [1.82, 2.24) is 0 Å². The Kier molecular flexibility index (Phi) is 3.97. The Morgan fingerprint density at radius 2 is 2.09 bits per heavy atom. The van der Waals surface area contributed by atoms with E-state index in [1.165, 1.54) is 0 Å². The summed E-state index contributed by atoms with van der Waals surface area (Å²) in [6, 6.07) is 0. The highest BCUT2D eigenvalue weighted by atomic mass is 16.1. The van der Waals surface area contributed by atoms with E-state index >= 15 is 0 Å². The first-order valence-electron chi connectivity index (χ1n) is 3.67. The second-order valence-electron chi connectivity index (χ2n) is 3.04. The van der Waals surface area contributed by atoms with Gasteiger partial charge in [-0.05, 0) is 26.8 Å². The first kappa shape index (κ1) is 10.3. The van der Waals surface area contributed by atoms with Crippen molar-refractivity contribution in [3.8, 4) is 0 Å². The quantitative estimate of drug-likeness (QED) is 0.587. The third kappa shape index (κ3) is 3.28. The van der Waals surface area contributed by atoms with E-state index in [0.717, 1.165) is 0 Å². The van der Waals surface area contributed by atoms with Crippen LogP contribution in [0.15, 0.2) is 0 Å². The molecule has 2 N–H and O–H groups in total. The molecule has 0 aromatic heterocycles. The molecule has 3 heteroatoms. The van der Waals surface area contributed by atoms with E-state index in [1.54, 1.807) is 20.1 Å². The Bertz CT molecular complexity index is 152. The summed E-state index contributed by atoms with van der Waals surface area (Å²) < 4.78 is 0. The van der Waals surface area contributed by atoms with E-state index in [1.807, 2.05) is 0 Å². The lowest BCUT2D eigenvalue weighted by Crippen LogP contribution is -2.25. The van der Waals surface area contributed by atoms with Gasteiger partial charge in [-0.1, -0.05) is 0 Å². The van der Waals surface area contributed by atoms with Crippen LogP contribution in [0.2, 0.25) is 0 Å². The van der Waals surface area contributed by atoms with E-state index in [4.69, 9.17) is 5.73 Å². The minimum atomic E-state index is -0.949. The zero-order valence-corrected chi connectivity index (χ0v) is 7.02. The van der Waals surface area contributed by atoms with Crippen LogP contribution >= 0.6 is 0 Å². The zero-order valence-electron chi connectivity index (χ0n) is 7.02. The Balaban J connectivity index is 3.91. The number of ketones is 1. The van der Waals surface area contributed by atoms with Crippen LogP contribution in [0.1, 0.15) is 26.7 Å². The highest BCUT2D eigenvalue weighted by Crippen LogP contribution is 2.15. The summed E-state index contributed by atoms with van der Waals surface area (Å²) in [7, 11) is 0. The zero-order chi connectivity index (χ0) is 8.91. The van der Waals surface area contributed by atoms with E-state index in [2.05, 4.69) is 0 Å². The third-order valence-corrected chi connectivity index (χ3v) is 1.56. The summed E-state index contributed by atoms with van der Waals surface area (Å²) in [6.45, 7) is 3.62. The first-order valence-corrected chi connectivity index (χ1v) is 3.67. The van der Waals surface area contributed by atoms with Crippen molar-refractivity contribution in [2.45, 2.75) is 26.7 Å². The summed E-state index contributed by atoms with van der Waals surface area (Å²) in [4.78, 5) is 21.4. The highest BCUT2D eigenvalue weighted by molar-refractivity contribution is 5.97. The highest BCUT2D eigenvalue weighted by Gasteiger charge is 2.26. The second-order valence-corrected chi connectivity index (χ2v) is 3.04. The molecule has 0 aliphatic heterocycles. The maximum Gasteiger partial charge on any atom is 0.212 e. The number of Topliss-reactive ketones (excluding diaryl/α,β-unsaturated/α-hetero) is 1. The van der Waals surface area contributed by atoms with E-state index in [0.29, 0.717) is 19.4 Å². The normalized spacial score (nSPS) is 11.2. The van der Waals surface area contributed by atoms with Gasteiger partial charge in [0.1, 0.15) is 5.78 Å². The minimum Gasteiger partial charge on any atom is -0.330 e. The van der Waals surface area contributed by atoms with Gasteiger partial charge in [0.15, 0.2) is 0 Å². The second kappa shape index (κ2) is 4.23. The minimum absolute atomic E-state index is 0.0852. The molecule has 0 saturated carbocycles. The molecule has 0 aromatic carbocycles. The van der Waals surface area contributed by atoms with Gasteiger partial charge in [0, 0.05) is 6.42 Å². The average Bonchev–Trinajstić information content (AvgIpc) is 2.00.